The molecule has 1 aromatic rings. The predicted octanol–water partition coefficient (Wildman–Crippen LogP) is 2.56. The Balaban J connectivity index is 2.18. The number of phenolic OH excluding ortho intramolecular Hbond substituents is 1. The Kier molecular flexibility index (Phi) is 4.27. The van der Waals surface area contributed by atoms with Crippen LogP contribution < -0.4 is 0 Å². The lowest BCUT2D eigenvalue weighted by Gasteiger charge is -2.12. The molecule has 0 aromatic heterocycles. The van der Waals surface area contributed by atoms with Crippen molar-refractivity contribution in [1.82, 2.24) is 4.90 Å². The molecule has 22 heavy (non-hydrogen) atoms. The number of carbonyl (C=O) groups excluding carboxylic acids is 3. The van der Waals surface area contributed by atoms with Crippen LogP contribution in [0.25, 0.3) is 6.08 Å². The first kappa shape index (κ1) is 16.1. The Morgan fingerprint density at radius 3 is 2.36 bits per heavy atom. The molecule has 116 valence electrons. The molecule has 0 aliphatic carbocycles. The number of hydrogen-bond donors (Lipinski definition) is 1. The Morgan fingerprint density at radius 2 is 1.82 bits per heavy atom. The number of thioether (sulfide) groups is 1. The van der Waals surface area contributed by atoms with Gasteiger partial charge in [-0.1, -0.05) is 12.1 Å². The second kappa shape index (κ2) is 5.84. The predicted molar refractivity (Wildman–Crippen MR) is 71.8 cm³/mol. The number of carbonyl (C=O) groups is 3. The highest BCUT2D eigenvalue weighted by atomic mass is 32.2. The van der Waals surface area contributed by atoms with Crippen LogP contribution in [-0.2, 0) is 9.59 Å². The van der Waals surface area contributed by atoms with Gasteiger partial charge in [0.1, 0.15) is 5.75 Å². The van der Waals surface area contributed by atoms with Crippen LogP contribution in [0.2, 0.25) is 0 Å². The maximum Gasteiger partial charge on any atom is 0.451 e. The number of halogens is 3. The molecular weight excluding hydrogens is 323 g/mol. The Morgan fingerprint density at radius 1 is 1.23 bits per heavy atom. The molecule has 0 spiro atoms. The number of rotatable bonds is 3. The number of benzene rings is 1. The van der Waals surface area contributed by atoms with E-state index >= 15 is 0 Å². The van der Waals surface area contributed by atoms with E-state index in [-0.39, 0.29) is 15.6 Å². The van der Waals surface area contributed by atoms with Crippen molar-refractivity contribution in [3.8, 4) is 5.75 Å². The van der Waals surface area contributed by atoms with E-state index in [9.17, 15) is 27.6 Å². The zero-order valence-electron chi connectivity index (χ0n) is 10.8. The van der Waals surface area contributed by atoms with Crippen LogP contribution in [0.1, 0.15) is 5.56 Å². The van der Waals surface area contributed by atoms with Crippen molar-refractivity contribution in [2.75, 3.05) is 6.54 Å². The van der Waals surface area contributed by atoms with Crippen molar-refractivity contribution in [1.29, 1.82) is 0 Å². The minimum Gasteiger partial charge on any atom is -0.508 e. The number of ketones is 1. The summed E-state index contributed by atoms with van der Waals surface area (Å²) in [6.45, 7) is -1.33. The average molecular weight is 331 g/mol. The van der Waals surface area contributed by atoms with E-state index in [2.05, 4.69) is 0 Å². The third-order valence-electron chi connectivity index (χ3n) is 2.68. The van der Waals surface area contributed by atoms with Gasteiger partial charge in [-0.2, -0.15) is 13.2 Å². The van der Waals surface area contributed by atoms with E-state index in [1.165, 1.54) is 30.3 Å². The molecule has 1 aromatic carbocycles. The zero-order valence-corrected chi connectivity index (χ0v) is 11.6. The molecule has 2 amide bonds. The topological polar surface area (TPSA) is 74.7 Å². The number of phenols is 1. The summed E-state index contributed by atoms with van der Waals surface area (Å²) in [6.07, 6.45) is -3.81. The fourth-order valence-electron chi connectivity index (χ4n) is 1.59. The lowest BCUT2D eigenvalue weighted by Crippen LogP contribution is -2.39. The van der Waals surface area contributed by atoms with E-state index < -0.39 is 29.7 Å². The summed E-state index contributed by atoms with van der Waals surface area (Å²) in [6, 6.07) is 5.63. The molecule has 0 saturated carbocycles. The van der Waals surface area contributed by atoms with Gasteiger partial charge in [0.25, 0.3) is 16.9 Å². The number of amides is 2. The monoisotopic (exact) mass is 331 g/mol. The number of imide groups is 1. The van der Waals surface area contributed by atoms with Crippen molar-refractivity contribution in [3.05, 3.63) is 34.7 Å². The highest BCUT2D eigenvalue weighted by molar-refractivity contribution is 8.18. The highest BCUT2D eigenvalue weighted by Crippen LogP contribution is 2.33. The Hall–Kier alpha value is -2.29. The quantitative estimate of drug-likeness (QED) is 0.862. The van der Waals surface area contributed by atoms with Gasteiger partial charge in [0, 0.05) is 0 Å². The first-order valence-electron chi connectivity index (χ1n) is 5.83. The fourth-order valence-corrected chi connectivity index (χ4v) is 2.43. The average Bonchev–Trinajstić information content (AvgIpc) is 2.68. The molecule has 0 atom stereocenters. The first-order valence-corrected chi connectivity index (χ1v) is 6.64. The lowest BCUT2D eigenvalue weighted by atomic mass is 10.2. The van der Waals surface area contributed by atoms with Crippen LogP contribution in [0.15, 0.2) is 29.2 Å². The smallest absolute Gasteiger partial charge is 0.451 e. The van der Waals surface area contributed by atoms with Crippen LogP contribution in [-0.4, -0.2) is 39.7 Å². The normalized spacial score (nSPS) is 17.4. The van der Waals surface area contributed by atoms with Gasteiger partial charge in [-0.15, -0.1) is 0 Å². The molecule has 1 fully saturated rings. The van der Waals surface area contributed by atoms with Crippen LogP contribution in [0.3, 0.4) is 0 Å². The zero-order chi connectivity index (χ0) is 16.5. The highest BCUT2D eigenvalue weighted by Gasteiger charge is 2.44. The molecule has 0 radical (unpaired) electrons. The Labute approximate surface area is 126 Å². The molecule has 5 nitrogen and oxygen atoms in total. The molecule has 2 rings (SSSR count). The number of Topliss-reactive ketones (excluding diaryl/α,β-unsaturated/α-hetero) is 1. The number of hydrogen-bond acceptors (Lipinski definition) is 5. The number of alkyl halides is 3. The molecule has 1 saturated heterocycles. The second-order valence-corrected chi connectivity index (χ2v) is 5.27. The van der Waals surface area contributed by atoms with Gasteiger partial charge in [0.05, 0.1) is 11.4 Å². The number of aromatic hydroxyl groups is 1. The van der Waals surface area contributed by atoms with Crippen LogP contribution >= 0.6 is 11.8 Å². The maximum absolute atomic E-state index is 12.2. The van der Waals surface area contributed by atoms with E-state index in [1.807, 2.05) is 0 Å². The summed E-state index contributed by atoms with van der Waals surface area (Å²) in [7, 11) is 0. The summed E-state index contributed by atoms with van der Waals surface area (Å²) >= 11 is 0.450. The van der Waals surface area contributed by atoms with Gasteiger partial charge in [0.2, 0.25) is 0 Å². The third-order valence-corrected chi connectivity index (χ3v) is 3.59. The lowest BCUT2D eigenvalue weighted by molar-refractivity contribution is -0.171. The van der Waals surface area contributed by atoms with Crippen molar-refractivity contribution in [2.45, 2.75) is 6.18 Å². The summed E-state index contributed by atoms with van der Waals surface area (Å²) in [5, 5.41) is 8.19. The molecule has 0 unspecified atom stereocenters. The van der Waals surface area contributed by atoms with E-state index in [0.29, 0.717) is 17.3 Å². The van der Waals surface area contributed by atoms with Crippen molar-refractivity contribution < 1.29 is 32.7 Å². The Bertz CT molecular complexity index is 667. The van der Waals surface area contributed by atoms with Gasteiger partial charge < -0.3 is 5.11 Å². The molecular formula is C13H8F3NO4S. The SMILES string of the molecule is O=C1S/C(=C\c2ccc(O)cc2)C(=O)N1CC(=O)C(F)(F)F. The van der Waals surface area contributed by atoms with E-state index in [1.54, 1.807) is 0 Å². The largest absolute Gasteiger partial charge is 0.508 e. The summed E-state index contributed by atoms with van der Waals surface area (Å²) in [5.41, 5.74) is 0.477. The van der Waals surface area contributed by atoms with Gasteiger partial charge in [-0.25, -0.2) is 0 Å². The molecule has 9 heteroatoms. The summed E-state index contributed by atoms with van der Waals surface area (Å²) in [5.74, 6) is -3.12. The minimum absolute atomic E-state index is 0.000952. The van der Waals surface area contributed by atoms with Gasteiger partial charge in [-0.05, 0) is 35.5 Å². The first-order chi connectivity index (χ1) is 10.2. The van der Waals surface area contributed by atoms with Crippen molar-refractivity contribution in [2.24, 2.45) is 0 Å². The van der Waals surface area contributed by atoms with Crippen molar-refractivity contribution in [3.63, 3.8) is 0 Å². The van der Waals surface area contributed by atoms with E-state index in [0.717, 1.165) is 0 Å². The number of nitrogens with zero attached hydrogens (tertiary/aromatic N) is 1. The van der Waals surface area contributed by atoms with E-state index in [4.69, 9.17) is 5.11 Å². The fraction of sp³-hybridized carbons (Fsp3) is 0.154. The van der Waals surface area contributed by atoms with Crippen LogP contribution in [0, 0.1) is 0 Å². The maximum atomic E-state index is 12.2. The standard InChI is InChI=1S/C13H8F3NO4S/c14-13(15,16)10(19)6-17-11(20)9(22-12(17)21)5-7-1-3-8(18)4-2-7/h1-5,18H,6H2/b9-5-. The summed E-state index contributed by atoms with van der Waals surface area (Å²) in [4.78, 5) is 34.5. The van der Waals surface area contributed by atoms with Gasteiger partial charge in [-0.3, -0.25) is 19.3 Å². The molecule has 1 aliphatic heterocycles. The third kappa shape index (κ3) is 3.48. The molecule has 1 heterocycles. The molecule has 1 aliphatic rings. The second-order valence-electron chi connectivity index (χ2n) is 4.28. The van der Waals surface area contributed by atoms with Crippen LogP contribution in [0.4, 0.5) is 18.0 Å². The van der Waals surface area contributed by atoms with Crippen molar-refractivity contribution >= 4 is 34.8 Å². The molecule has 0 bridgehead atoms. The van der Waals surface area contributed by atoms with Crippen LogP contribution in [0.5, 0.6) is 5.75 Å². The summed E-state index contributed by atoms with van der Waals surface area (Å²) < 4.78 is 36.6. The van der Waals surface area contributed by atoms with Gasteiger partial charge in [0.15, 0.2) is 0 Å². The van der Waals surface area contributed by atoms with Gasteiger partial charge >= 0.3 is 6.18 Å². The minimum atomic E-state index is -5.10. The molecule has 1 N–H and O–H groups in total.